The Morgan fingerprint density at radius 1 is 1.00 bits per heavy atom. The molecule has 0 spiro atoms. The van der Waals surface area contributed by atoms with Gasteiger partial charge < -0.3 is 9.15 Å². The van der Waals surface area contributed by atoms with Crippen molar-refractivity contribution in [2.24, 2.45) is 0 Å². The van der Waals surface area contributed by atoms with Gasteiger partial charge in [-0.25, -0.2) is 4.98 Å². The predicted octanol–water partition coefficient (Wildman–Crippen LogP) is 4.31. The lowest BCUT2D eigenvalue weighted by Crippen LogP contribution is -1.98. The third-order valence-corrected chi connectivity index (χ3v) is 4.69. The van der Waals surface area contributed by atoms with E-state index in [-0.39, 0.29) is 0 Å². The van der Waals surface area contributed by atoms with Crippen LogP contribution >= 0.6 is 0 Å². The topological polar surface area (TPSA) is 89.7 Å². The van der Waals surface area contributed by atoms with Crippen LogP contribution in [0, 0.1) is 6.92 Å². The number of nitrogens with zero attached hydrogens (tertiary/aromatic N) is 4. The first-order valence-corrected chi connectivity index (χ1v) is 9.74. The molecule has 0 atom stereocenters. The third kappa shape index (κ3) is 5.07. The Morgan fingerprint density at radius 2 is 1.86 bits per heavy atom. The quantitative estimate of drug-likeness (QED) is 0.429. The number of H-pyrrole nitrogens is 1. The number of tetrazole rings is 1. The van der Waals surface area contributed by atoms with E-state index in [9.17, 15) is 0 Å². The average Bonchev–Trinajstić information content (AvgIpc) is 3.40. The van der Waals surface area contributed by atoms with Crippen LogP contribution < -0.4 is 4.74 Å². The van der Waals surface area contributed by atoms with Crippen molar-refractivity contribution in [3.63, 3.8) is 0 Å². The summed E-state index contributed by atoms with van der Waals surface area (Å²) in [6, 6.07) is 18.1. The van der Waals surface area contributed by atoms with E-state index in [0.717, 1.165) is 54.3 Å². The van der Waals surface area contributed by atoms with Gasteiger partial charge in [-0.1, -0.05) is 35.5 Å². The maximum atomic E-state index is 5.97. The monoisotopic (exact) mass is 389 g/mol. The minimum Gasteiger partial charge on any atom is -0.487 e. The van der Waals surface area contributed by atoms with Gasteiger partial charge in [0.2, 0.25) is 5.89 Å². The summed E-state index contributed by atoms with van der Waals surface area (Å²) in [4.78, 5) is 4.59. The van der Waals surface area contributed by atoms with Gasteiger partial charge in [-0.2, -0.15) is 5.21 Å². The van der Waals surface area contributed by atoms with Gasteiger partial charge in [-0.05, 0) is 56.0 Å². The van der Waals surface area contributed by atoms with E-state index in [0.29, 0.717) is 12.5 Å². The van der Waals surface area contributed by atoms with E-state index in [4.69, 9.17) is 9.15 Å². The van der Waals surface area contributed by atoms with Gasteiger partial charge in [0.1, 0.15) is 23.8 Å². The number of oxazole rings is 1. The summed E-state index contributed by atoms with van der Waals surface area (Å²) in [7, 11) is 0. The zero-order chi connectivity index (χ0) is 19.9. The molecule has 0 unspecified atom stereocenters. The summed E-state index contributed by atoms with van der Waals surface area (Å²) in [6.07, 6.45) is 3.89. The first-order chi connectivity index (χ1) is 14.3. The number of hydrogen-bond acceptors (Lipinski definition) is 6. The fraction of sp³-hybridized carbons (Fsp3) is 0.273. The first kappa shape index (κ1) is 18.9. The molecule has 2 aromatic heterocycles. The van der Waals surface area contributed by atoms with E-state index in [2.05, 4.69) is 37.7 Å². The number of aromatic amines is 1. The summed E-state index contributed by atoms with van der Waals surface area (Å²) in [6.45, 7) is 2.29. The third-order valence-electron chi connectivity index (χ3n) is 4.69. The number of aromatic nitrogens is 5. The van der Waals surface area contributed by atoms with Crippen LogP contribution in [0.15, 0.2) is 59.0 Å². The highest BCUT2D eigenvalue weighted by molar-refractivity contribution is 5.53. The number of benzene rings is 2. The van der Waals surface area contributed by atoms with Crippen molar-refractivity contribution in [1.29, 1.82) is 0 Å². The zero-order valence-electron chi connectivity index (χ0n) is 16.3. The normalized spacial score (nSPS) is 10.9. The molecule has 0 amide bonds. The molecule has 0 saturated carbocycles. The van der Waals surface area contributed by atoms with Crippen LogP contribution in [0.4, 0.5) is 0 Å². The molecule has 148 valence electrons. The van der Waals surface area contributed by atoms with Crippen LogP contribution in [0.2, 0.25) is 0 Å². The highest BCUT2D eigenvalue weighted by Crippen LogP contribution is 2.23. The second-order valence-corrected chi connectivity index (χ2v) is 6.86. The van der Waals surface area contributed by atoms with Crippen molar-refractivity contribution < 1.29 is 9.15 Å². The number of ether oxygens (including phenoxy) is 1. The lowest BCUT2D eigenvalue weighted by Gasteiger charge is -2.07. The van der Waals surface area contributed by atoms with Gasteiger partial charge >= 0.3 is 0 Å². The van der Waals surface area contributed by atoms with Crippen molar-refractivity contribution in [2.75, 3.05) is 0 Å². The van der Waals surface area contributed by atoms with Crippen molar-refractivity contribution in [2.45, 2.75) is 39.2 Å². The summed E-state index contributed by atoms with van der Waals surface area (Å²) in [5.41, 5.74) is 3.02. The Morgan fingerprint density at radius 3 is 2.69 bits per heavy atom. The molecule has 4 rings (SSSR count). The maximum absolute atomic E-state index is 5.97. The van der Waals surface area contributed by atoms with E-state index < -0.39 is 0 Å². The van der Waals surface area contributed by atoms with Gasteiger partial charge in [0.25, 0.3) is 0 Å². The molecule has 4 aromatic rings. The van der Waals surface area contributed by atoms with E-state index >= 15 is 0 Å². The Hall–Kier alpha value is -3.48. The van der Waals surface area contributed by atoms with Crippen LogP contribution in [0.1, 0.15) is 35.7 Å². The van der Waals surface area contributed by atoms with Crippen LogP contribution in [0.25, 0.3) is 11.5 Å². The molecule has 2 aromatic carbocycles. The maximum Gasteiger partial charge on any atom is 0.226 e. The van der Waals surface area contributed by atoms with Crippen LogP contribution in [-0.4, -0.2) is 25.6 Å². The second-order valence-electron chi connectivity index (χ2n) is 6.86. The van der Waals surface area contributed by atoms with Crippen molar-refractivity contribution in [3.05, 3.63) is 77.4 Å². The Labute approximate surface area is 169 Å². The molecule has 0 aliphatic heterocycles. The number of aryl methyl sites for hydroxylation is 3. The predicted molar refractivity (Wildman–Crippen MR) is 108 cm³/mol. The summed E-state index contributed by atoms with van der Waals surface area (Å²) < 4.78 is 11.8. The number of rotatable bonds is 9. The molecule has 7 nitrogen and oxygen atoms in total. The number of nitrogens with one attached hydrogen (secondary N) is 1. The highest BCUT2D eigenvalue weighted by atomic mass is 16.5. The Bertz CT molecular complexity index is 1030. The number of hydrogen-bond donors (Lipinski definition) is 1. The molecular formula is C22H23N5O2. The molecule has 0 aliphatic rings. The zero-order valence-corrected chi connectivity index (χ0v) is 16.3. The molecule has 0 bridgehead atoms. The first-order valence-electron chi connectivity index (χ1n) is 9.74. The van der Waals surface area contributed by atoms with Gasteiger partial charge in [0.15, 0.2) is 5.82 Å². The molecule has 0 fully saturated rings. The molecule has 0 aliphatic carbocycles. The lowest BCUT2D eigenvalue weighted by molar-refractivity contribution is 0.299. The van der Waals surface area contributed by atoms with Gasteiger partial charge in [-0.3, -0.25) is 0 Å². The van der Waals surface area contributed by atoms with Crippen LogP contribution in [0.3, 0.4) is 0 Å². The minimum absolute atomic E-state index is 0.378. The van der Waals surface area contributed by atoms with Gasteiger partial charge in [0.05, 0.1) is 0 Å². The Kier molecular flexibility index (Phi) is 5.95. The van der Waals surface area contributed by atoms with Crippen molar-refractivity contribution >= 4 is 0 Å². The van der Waals surface area contributed by atoms with E-state index in [1.165, 1.54) is 5.56 Å². The largest absolute Gasteiger partial charge is 0.487 e. The summed E-state index contributed by atoms with van der Waals surface area (Å²) in [5.74, 6) is 3.00. The van der Waals surface area contributed by atoms with Crippen molar-refractivity contribution in [3.8, 4) is 17.2 Å². The molecule has 29 heavy (non-hydrogen) atoms. The van der Waals surface area contributed by atoms with Crippen molar-refractivity contribution in [1.82, 2.24) is 25.6 Å². The molecule has 0 saturated heterocycles. The summed E-state index contributed by atoms with van der Waals surface area (Å²) in [5, 5.41) is 14.0. The fourth-order valence-electron chi connectivity index (χ4n) is 3.11. The van der Waals surface area contributed by atoms with Gasteiger partial charge in [0, 0.05) is 12.0 Å². The van der Waals surface area contributed by atoms with E-state index in [1.54, 1.807) is 0 Å². The molecule has 0 radical (unpaired) electrons. The fourth-order valence-corrected chi connectivity index (χ4v) is 3.11. The average molecular weight is 389 g/mol. The summed E-state index contributed by atoms with van der Waals surface area (Å²) >= 11 is 0. The lowest BCUT2D eigenvalue weighted by atomic mass is 10.1. The van der Waals surface area contributed by atoms with E-state index in [1.807, 2.05) is 49.4 Å². The standard InChI is InChI=1S/C22H23N5O2/c1-16-20(23-22(29-16)18-10-3-2-4-11-18)15-28-19-12-7-9-17(14-19)8-5-6-13-21-24-26-27-25-21/h2-4,7,9-12,14H,5-6,8,13,15H2,1H3,(H,24,25,26,27). The molecule has 7 heteroatoms. The minimum atomic E-state index is 0.378. The molecule has 2 heterocycles. The highest BCUT2D eigenvalue weighted by Gasteiger charge is 2.12. The Balaban J connectivity index is 1.31. The SMILES string of the molecule is Cc1oc(-c2ccccc2)nc1COc1cccc(CCCCc2nn[nH]n2)c1. The molecular weight excluding hydrogens is 366 g/mol. The van der Waals surface area contributed by atoms with Crippen LogP contribution in [-0.2, 0) is 19.4 Å². The smallest absolute Gasteiger partial charge is 0.226 e. The second kappa shape index (κ2) is 9.14. The molecule has 1 N–H and O–H groups in total. The number of unbranched alkanes of at least 4 members (excludes halogenated alkanes) is 1. The van der Waals surface area contributed by atoms with Gasteiger partial charge in [-0.15, -0.1) is 10.2 Å². The van der Waals surface area contributed by atoms with Crippen LogP contribution in [0.5, 0.6) is 5.75 Å².